The molecule has 0 bridgehead atoms. The van der Waals surface area contributed by atoms with Gasteiger partial charge in [-0.25, -0.2) is 8.42 Å². The van der Waals surface area contributed by atoms with Crippen LogP contribution in [0.1, 0.15) is 19.8 Å². The minimum atomic E-state index is -3.67. The number of rotatable bonds is 5. The maximum Gasteiger partial charge on any atom is 0.253 e. The molecule has 1 aliphatic heterocycles. The molecule has 0 radical (unpaired) electrons. The Morgan fingerprint density at radius 1 is 1.15 bits per heavy atom. The molecule has 2 heterocycles. The van der Waals surface area contributed by atoms with E-state index in [1.165, 1.54) is 11.2 Å². The predicted octanol–water partition coefficient (Wildman–Crippen LogP) is 2.50. The van der Waals surface area contributed by atoms with Gasteiger partial charge in [-0.3, -0.25) is 9.59 Å². The summed E-state index contributed by atoms with van der Waals surface area (Å²) in [6.07, 6.45) is 1.11. The molecule has 3 rings (SSSR count). The van der Waals surface area contributed by atoms with Crippen molar-refractivity contribution in [3.05, 3.63) is 41.8 Å². The number of carbonyl (C=O) groups is 2. The fraction of sp³-hybridized carbons (Fsp3) is 0.294. The summed E-state index contributed by atoms with van der Waals surface area (Å²) in [7, 11) is -3.67. The van der Waals surface area contributed by atoms with Gasteiger partial charge in [-0.15, -0.1) is 11.3 Å². The van der Waals surface area contributed by atoms with E-state index >= 15 is 0 Å². The Kier molecular flexibility index (Phi) is 5.40. The Hall–Kier alpha value is -2.23. The summed E-state index contributed by atoms with van der Waals surface area (Å²) >= 11 is 1.14. The quantitative estimate of drug-likeness (QED) is 0.816. The molecule has 1 fully saturated rings. The first-order valence-corrected chi connectivity index (χ1v) is 10.4. The highest BCUT2D eigenvalue weighted by Crippen LogP contribution is 2.29. The molecular formula is C17H19N3O4S2. The van der Waals surface area contributed by atoms with Crippen molar-refractivity contribution in [1.29, 1.82) is 0 Å². The van der Waals surface area contributed by atoms with Gasteiger partial charge in [0, 0.05) is 24.8 Å². The van der Waals surface area contributed by atoms with Crippen molar-refractivity contribution >= 4 is 44.5 Å². The number of carbonyl (C=O) groups excluding carboxylic acids is 2. The Labute approximate surface area is 156 Å². The van der Waals surface area contributed by atoms with Gasteiger partial charge < -0.3 is 10.6 Å². The van der Waals surface area contributed by atoms with Gasteiger partial charge >= 0.3 is 0 Å². The van der Waals surface area contributed by atoms with Gasteiger partial charge in [-0.05, 0) is 42.5 Å². The molecule has 0 spiro atoms. The summed E-state index contributed by atoms with van der Waals surface area (Å²) in [5.74, 6) is -0.583. The molecule has 9 heteroatoms. The molecule has 1 aliphatic rings. The Morgan fingerprint density at radius 3 is 2.54 bits per heavy atom. The molecule has 2 aromatic rings. The van der Waals surface area contributed by atoms with E-state index in [1.54, 1.807) is 41.8 Å². The average molecular weight is 393 g/mol. The minimum Gasteiger partial charge on any atom is -0.326 e. The van der Waals surface area contributed by atoms with E-state index in [0.29, 0.717) is 30.8 Å². The molecular weight excluding hydrogens is 374 g/mol. The van der Waals surface area contributed by atoms with Crippen LogP contribution in [-0.4, -0.2) is 37.1 Å². The van der Waals surface area contributed by atoms with E-state index in [9.17, 15) is 18.0 Å². The Balaban J connectivity index is 1.76. The van der Waals surface area contributed by atoms with Crippen LogP contribution in [-0.2, 0) is 19.6 Å². The first-order chi connectivity index (χ1) is 12.4. The van der Waals surface area contributed by atoms with Crippen LogP contribution >= 0.6 is 11.3 Å². The van der Waals surface area contributed by atoms with Gasteiger partial charge in [0.2, 0.25) is 11.8 Å². The summed E-state index contributed by atoms with van der Waals surface area (Å²) in [5, 5.41) is 7.10. The number of nitrogens with zero attached hydrogens (tertiary/aromatic N) is 1. The van der Waals surface area contributed by atoms with Crippen LogP contribution in [0.25, 0.3) is 0 Å². The Bertz CT molecular complexity index is 910. The van der Waals surface area contributed by atoms with Crippen molar-refractivity contribution in [1.82, 2.24) is 4.31 Å². The minimum absolute atomic E-state index is 0.211. The van der Waals surface area contributed by atoms with Gasteiger partial charge in [0.05, 0.1) is 0 Å². The maximum atomic E-state index is 12.7. The van der Waals surface area contributed by atoms with Gasteiger partial charge in [0.1, 0.15) is 10.3 Å². The lowest BCUT2D eigenvalue weighted by Crippen LogP contribution is -2.42. The largest absolute Gasteiger partial charge is 0.326 e. The van der Waals surface area contributed by atoms with Crippen LogP contribution in [0.2, 0.25) is 0 Å². The number of amides is 2. The van der Waals surface area contributed by atoms with Crippen LogP contribution in [0.3, 0.4) is 0 Å². The number of nitrogens with one attached hydrogen (secondary N) is 2. The molecule has 26 heavy (non-hydrogen) atoms. The lowest BCUT2D eigenvalue weighted by atomic mass is 10.2. The predicted molar refractivity (Wildman–Crippen MR) is 101 cm³/mol. The van der Waals surface area contributed by atoms with Crippen LogP contribution in [0, 0.1) is 0 Å². The molecule has 1 unspecified atom stereocenters. The van der Waals surface area contributed by atoms with Gasteiger partial charge in [-0.2, -0.15) is 4.31 Å². The van der Waals surface area contributed by atoms with E-state index in [1.807, 2.05) is 0 Å². The highest BCUT2D eigenvalue weighted by atomic mass is 32.2. The van der Waals surface area contributed by atoms with Crippen molar-refractivity contribution in [2.24, 2.45) is 0 Å². The first-order valence-electron chi connectivity index (χ1n) is 8.12. The normalized spacial score (nSPS) is 17.8. The average Bonchev–Trinajstić information content (AvgIpc) is 3.27. The summed E-state index contributed by atoms with van der Waals surface area (Å²) in [4.78, 5) is 23.8. The third kappa shape index (κ3) is 3.95. The second-order valence-electron chi connectivity index (χ2n) is 5.96. The number of hydrogen-bond donors (Lipinski definition) is 2. The summed E-state index contributed by atoms with van der Waals surface area (Å²) in [6, 6.07) is 9.21. The van der Waals surface area contributed by atoms with E-state index in [-0.39, 0.29) is 16.0 Å². The van der Waals surface area contributed by atoms with Crippen LogP contribution in [0.5, 0.6) is 0 Å². The van der Waals surface area contributed by atoms with Crippen LogP contribution in [0.15, 0.2) is 46.0 Å². The number of thiophene rings is 1. The molecule has 0 saturated carbocycles. The third-order valence-electron chi connectivity index (χ3n) is 4.01. The molecule has 138 valence electrons. The highest BCUT2D eigenvalue weighted by molar-refractivity contribution is 7.91. The van der Waals surface area contributed by atoms with Crippen LogP contribution < -0.4 is 10.6 Å². The standard InChI is InChI=1S/C17H19N3O4S2/c1-12(21)18-13-5-2-6-14(11-13)19-17(22)15-7-3-9-20(15)26(23,24)16-8-4-10-25-16/h2,4-6,8,10-11,15H,3,7,9H2,1H3,(H,18,21)(H,19,22). The Morgan fingerprint density at radius 2 is 1.88 bits per heavy atom. The second-order valence-corrected chi connectivity index (χ2v) is 9.02. The van der Waals surface area contributed by atoms with E-state index in [2.05, 4.69) is 10.6 Å². The number of sulfonamides is 1. The first kappa shape index (κ1) is 18.6. The number of hydrogen-bond acceptors (Lipinski definition) is 5. The van der Waals surface area contributed by atoms with Gasteiger partial charge in [0.15, 0.2) is 0 Å². The van der Waals surface area contributed by atoms with Crippen molar-refractivity contribution in [2.75, 3.05) is 17.2 Å². The van der Waals surface area contributed by atoms with Crippen LogP contribution in [0.4, 0.5) is 11.4 Å². The monoisotopic (exact) mass is 393 g/mol. The summed E-state index contributed by atoms with van der Waals surface area (Å²) in [5.41, 5.74) is 1.06. The SMILES string of the molecule is CC(=O)Nc1cccc(NC(=O)C2CCCN2S(=O)(=O)c2cccs2)c1. The number of anilines is 2. The second kappa shape index (κ2) is 7.56. The van der Waals surface area contributed by atoms with Crippen molar-refractivity contribution in [3.8, 4) is 0 Å². The molecule has 2 N–H and O–H groups in total. The lowest BCUT2D eigenvalue weighted by Gasteiger charge is -2.22. The number of benzene rings is 1. The lowest BCUT2D eigenvalue weighted by molar-refractivity contribution is -0.119. The topological polar surface area (TPSA) is 95.6 Å². The molecule has 1 aromatic carbocycles. The highest BCUT2D eigenvalue weighted by Gasteiger charge is 2.39. The molecule has 1 atom stereocenters. The zero-order valence-electron chi connectivity index (χ0n) is 14.1. The smallest absolute Gasteiger partial charge is 0.253 e. The van der Waals surface area contributed by atoms with Crippen molar-refractivity contribution < 1.29 is 18.0 Å². The maximum absolute atomic E-state index is 12.7. The van der Waals surface area contributed by atoms with Crippen molar-refractivity contribution in [2.45, 2.75) is 30.0 Å². The molecule has 7 nitrogen and oxygen atoms in total. The van der Waals surface area contributed by atoms with E-state index < -0.39 is 16.1 Å². The zero-order chi connectivity index (χ0) is 18.7. The summed E-state index contributed by atoms with van der Waals surface area (Å²) < 4.78 is 27.0. The van der Waals surface area contributed by atoms with Crippen molar-refractivity contribution in [3.63, 3.8) is 0 Å². The molecule has 2 amide bonds. The summed E-state index contributed by atoms with van der Waals surface area (Å²) in [6.45, 7) is 1.72. The van der Waals surface area contributed by atoms with Gasteiger partial charge in [0.25, 0.3) is 10.0 Å². The van der Waals surface area contributed by atoms with E-state index in [0.717, 1.165) is 11.3 Å². The molecule has 0 aliphatic carbocycles. The fourth-order valence-electron chi connectivity index (χ4n) is 2.92. The fourth-order valence-corrected chi connectivity index (χ4v) is 5.70. The van der Waals surface area contributed by atoms with E-state index in [4.69, 9.17) is 0 Å². The van der Waals surface area contributed by atoms with Gasteiger partial charge in [-0.1, -0.05) is 12.1 Å². The zero-order valence-corrected chi connectivity index (χ0v) is 15.8. The molecule has 1 aromatic heterocycles. The molecule has 1 saturated heterocycles. The third-order valence-corrected chi connectivity index (χ3v) is 7.30.